The van der Waals surface area contributed by atoms with Crippen LogP contribution in [0.1, 0.15) is 22.8 Å². The Balaban J connectivity index is 1.51. The van der Waals surface area contributed by atoms with E-state index >= 15 is 0 Å². The molecule has 4 heteroatoms. The Morgan fingerprint density at radius 2 is 1.44 bits per heavy atom. The molecule has 0 aliphatic rings. The molecule has 0 fully saturated rings. The van der Waals surface area contributed by atoms with Crippen LogP contribution in [-0.4, -0.2) is 5.91 Å². The van der Waals surface area contributed by atoms with E-state index in [1.807, 2.05) is 84.9 Å². The second kappa shape index (κ2) is 7.79. The molecule has 2 heterocycles. The van der Waals surface area contributed by atoms with Gasteiger partial charge in [-0.2, -0.15) is 0 Å². The zero-order valence-corrected chi connectivity index (χ0v) is 14.7. The molecule has 4 rings (SSSR count). The van der Waals surface area contributed by atoms with Gasteiger partial charge in [0.15, 0.2) is 11.5 Å². The van der Waals surface area contributed by atoms with Crippen LogP contribution in [0.5, 0.6) is 0 Å². The lowest BCUT2D eigenvalue weighted by Gasteiger charge is -2.17. The largest absolute Gasteiger partial charge is 0.461 e. The zero-order chi connectivity index (χ0) is 18.5. The van der Waals surface area contributed by atoms with Gasteiger partial charge in [-0.3, -0.25) is 4.79 Å². The van der Waals surface area contributed by atoms with E-state index in [0.29, 0.717) is 23.8 Å². The Morgan fingerprint density at radius 3 is 2.04 bits per heavy atom. The van der Waals surface area contributed by atoms with Gasteiger partial charge in [0, 0.05) is 0 Å². The maximum atomic E-state index is 13.0. The zero-order valence-electron chi connectivity index (χ0n) is 14.7. The van der Waals surface area contributed by atoms with E-state index < -0.39 is 0 Å². The highest BCUT2D eigenvalue weighted by atomic mass is 16.4. The number of carbonyl (C=O) groups is 1. The minimum Gasteiger partial charge on any atom is -0.461 e. The Morgan fingerprint density at radius 1 is 0.778 bits per heavy atom. The first-order chi connectivity index (χ1) is 13.3. The first kappa shape index (κ1) is 16.9. The van der Waals surface area contributed by atoms with Gasteiger partial charge in [-0.15, -0.1) is 0 Å². The van der Waals surface area contributed by atoms with Crippen molar-refractivity contribution in [3.63, 3.8) is 0 Å². The molecule has 0 saturated carbocycles. The average Bonchev–Trinajstić information content (AvgIpc) is 3.40. The number of hydrogen-bond donors (Lipinski definition) is 1. The number of nitrogens with one attached hydrogen (secondary N) is 1. The molecule has 0 bridgehead atoms. The highest BCUT2D eigenvalue weighted by molar-refractivity contribution is 5.87. The summed E-state index contributed by atoms with van der Waals surface area (Å²) in [6.07, 6.45) is 1.60. The Kier molecular flexibility index (Phi) is 4.88. The molecule has 0 aliphatic heterocycles. The van der Waals surface area contributed by atoms with Crippen molar-refractivity contribution in [3.8, 4) is 11.5 Å². The van der Waals surface area contributed by atoms with Gasteiger partial charge in [0.25, 0.3) is 0 Å². The van der Waals surface area contributed by atoms with Crippen LogP contribution in [0.15, 0.2) is 100 Å². The van der Waals surface area contributed by atoms with Crippen molar-refractivity contribution >= 4 is 5.91 Å². The lowest BCUT2D eigenvalue weighted by atomic mass is 9.90. The number of rotatable bonds is 6. The van der Waals surface area contributed by atoms with Crippen LogP contribution in [-0.2, 0) is 11.3 Å². The molecule has 2 aromatic heterocycles. The van der Waals surface area contributed by atoms with Crippen molar-refractivity contribution in [2.45, 2.75) is 12.5 Å². The molecule has 1 N–H and O–H groups in total. The molecule has 2 aromatic carbocycles. The third-order valence-electron chi connectivity index (χ3n) is 4.39. The predicted molar refractivity (Wildman–Crippen MR) is 103 cm³/mol. The summed E-state index contributed by atoms with van der Waals surface area (Å²) in [4.78, 5) is 13.0. The normalized spacial score (nSPS) is 10.9. The molecule has 0 spiro atoms. The Hall–Kier alpha value is -3.53. The van der Waals surface area contributed by atoms with Crippen LogP contribution in [0.4, 0.5) is 0 Å². The van der Waals surface area contributed by atoms with Gasteiger partial charge < -0.3 is 14.2 Å². The second-order valence-corrected chi connectivity index (χ2v) is 6.22. The predicted octanol–water partition coefficient (Wildman–Crippen LogP) is 4.99. The summed E-state index contributed by atoms with van der Waals surface area (Å²) in [5, 5.41) is 2.99. The van der Waals surface area contributed by atoms with Crippen LogP contribution < -0.4 is 5.32 Å². The number of hydrogen-bond acceptors (Lipinski definition) is 3. The minimum atomic E-state index is -0.369. The van der Waals surface area contributed by atoms with Crippen molar-refractivity contribution < 1.29 is 13.6 Å². The van der Waals surface area contributed by atoms with Crippen LogP contribution in [0, 0.1) is 0 Å². The molecule has 4 nitrogen and oxygen atoms in total. The molecule has 4 aromatic rings. The maximum Gasteiger partial charge on any atom is 0.232 e. The maximum absolute atomic E-state index is 13.0. The van der Waals surface area contributed by atoms with E-state index in [1.54, 1.807) is 6.26 Å². The molecular formula is C23H19NO3. The van der Waals surface area contributed by atoms with Gasteiger partial charge >= 0.3 is 0 Å². The van der Waals surface area contributed by atoms with Gasteiger partial charge in [-0.25, -0.2) is 0 Å². The Labute approximate surface area is 157 Å². The fourth-order valence-corrected chi connectivity index (χ4v) is 3.09. The summed E-state index contributed by atoms with van der Waals surface area (Å²) in [5.41, 5.74) is 1.91. The molecule has 1 amide bonds. The summed E-state index contributed by atoms with van der Waals surface area (Å²) in [6, 6.07) is 26.9. The van der Waals surface area contributed by atoms with E-state index in [1.165, 1.54) is 0 Å². The average molecular weight is 357 g/mol. The van der Waals surface area contributed by atoms with Gasteiger partial charge in [0.1, 0.15) is 5.76 Å². The molecule has 0 saturated heterocycles. The van der Waals surface area contributed by atoms with Crippen LogP contribution in [0.25, 0.3) is 11.5 Å². The van der Waals surface area contributed by atoms with Gasteiger partial charge in [0.05, 0.1) is 18.7 Å². The molecule has 134 valence electrons. The summed E-state index contributed by atoms with van der Waals surface area (Å²) < 4.78 is 11.1. The lowest BCUT2D eigenvalue weighted by molar-refractivity contribution is -0.121. The number of benzene rings is 2. The summed E-state index contributed by atoms with van der Waals surface area (Å²) in [6.45, 7) is 0.315. The highest BCUT2D eigenvalue weighted by Gasteiger charge is 2.22. The van der Waals surface area contributed by atoms with E-state index in [2.05, 4.69) is 5.32 Å². The van der Waals surface area contributed by atoms with Crippen molar-refractivity contribution in [3.05, 3.63) is 108 Å². The van der Waals surface area contributed by atoms with Gasteiger partial charge in [0.2, 0.25) is 5.91 Å². The smallest absolute Gasteiger partial charge is 0.232 e. The SMILES string of the molecule is O=C(NCc1ccc(-c2ccco2)o1)C(c1ccccc1)c1ccccc1. The van der Waals surface area contributed by atoms with Crippen LogP contribution in [0.3, 0.4) is 0 Å². The van der Waals surface area contributed by atoms with Gasteiger partial charge in [-0.05, 0) is 35.4 Å². The minimum absolute atomic E-state index is 0.0663. The van der Waals surface area contributed by atoms with E-state index in [-0.39, 0.29) is 11.8 Å². The standard InChI is InChI=1S/C23H19NO3/c25-23(24-16-19-13-14-21(27-19)20-12-7-15-26-20)22(17-8-3-1-4-9-17)18-10-5-2-6-11-18/h1-15,22H,16H2,(H,24,25). The number of furan rings is 2. The van der Waals surface area contributed by atoms with E-state index in [4.69, 9.17) is 8.83 Å². The third kappa shape index (κ3) is 3.85. The topological polar surface area (TPSA) is 55.4 Å². The Bertz CT molecular complexity index is 949. The first-order valence-corrected chi connectivity index (χ1v) is 8.81. The molecule has 0 radical (unpaired) electrons. The molecule has 27 heavy (non-hydrogen) atoms. The summed E-state index contributed by atoms with van der Waals surface area (Å²) in [5.74, 6) is 1.55. The number of amides is 1. The van der Waals surface area contributed by atoms with Crippen molar-refractivity contribution in [1.82, 2.24) is 5.32 Å². The molecule has 0 atom stereocenters. The van der Waals surface area contributed by atoms with Gasteiger partial charge in [-0.1, -0.05) is 60.7 Å². The molecule has 0 aliphatic carbocycles. The summed E-state index contributed by atoms with van der Waals surface area (Å²) >= 11 is 0. The number of carbonyl (C=O) groups excluding carboxylic acids is 1. The van der Waals surface area contributed by atoms with Crippen LogP contribution >= 0.6 is 0 Å². The quantitative estimate of drug-likeness (QED) is 0.529. The monoisotopic (exact) mass is 357 g/mol. The fraction of sp³-hybridized carbons (Fsp3) is 0.0870. The summed E-state index contributed by atoms with van der Waals surface area (Å²) in [7, 11) is 0. The van der Waals surface area contributed by atoms with Crippen molar-refractivity contribution in [2.75, 3.05) is 0 Å². The van der Waals surface area contributed by atoms with Crippen molar-refractivity contribution in [2.24, 2.45) is 0 Å². The van der Waals surface area contributed by atoms with E-state index in [0.717, 1.165) is 11.1 Å². The second-order valence-electron chi connectivity index (χ2n) is 6.22. The van der Waals surface area contributed by atoms with E-state index in [9.17, 15) is 4.79 Å². The fourth-order valence-electron chi connectivity index (χ4n) is 3.09. The molecular weight excluding hydrogens is 338 g/mol. The third-order valence-corrected chi connectivity index (χ3v) is 4.39. The first-order valence-electron chi connectivity index (χ1n) is 8.81. The van der Waals surface area contributed by atoms with Crippen molar-refractivity contribution in [1.29, 1.82) is 0 Å². The highest BCUT2D eigenvalue weighted by Crippen LogP contribution is 2.26. The molecule has 0 unspecified atom stereocenters. The van der Waals surface area contributed by atoms with Crippen LogP contribution in [0.2, 0.25) is 0 Å². The lowest BCUT2D eigenvalue weighted by Crippen LogP contribution is -2.29.